The number of rotatable bonds is 7. The largest absolute Gasteiger partial charge is 0.370 e. The van der Waals surface area contributed by atoms with E-state index in [0.717, 1.165) is 60.6 Å². The van der Waals surface area contributed by atoms with Crippen LogP contribution >= 0.6 is 11.6 Å². The molecule has 0 aliphatic carbocycles. The highest BCUT2D eigenvalue weighted by Crippen LogP contribution is 2.46. The number of hydrogen-bond donors (Lipinski definition) is 0. The van der Waals surface area contributed by atoms with Gasteiger partial charge in [0.2, 0.25) is 0 Å². The zero-order valence-electron chi connectivity index (χ0n) is 21.4. The van der Waals surface area contributed by atoms with Crippen LogP contribution in [0.15, 0.2) is 42.6 Å². The van der Waals surface area contributed by atoms with Gasteiger partial charge in [-0.3, -0.25) is 9.55 Å². The number of nitriles is 1. The lowest BCUT2D eigenvalue weighted by Crippen LogP contribution is -2.44. The fourth-order valence-electron chi connectivity index (χ4n) is 5.45. The van der Waals surface area contributed by atoms with E-state index in [0.29, 0.717) is 10.7 Å². The Morgan fingerprint density at radius 1 is 1.09 bits per heavy atom. The molecule has 4 rings (SSSR count). The molecule has 3 aromatic rings. The van der Waals surface area contributed by atoms with Crippen LogP contribution < -0.4 is 0 Å². The van der Waals surface area contributed by atoms with Crippen LogP contribution in [0.5, 0.6) is 0 Å². The van der Waals surface area contributed by atoms with Gasteiger partial charge in [0.05, 0.1) is 34.2 Å². The van der Waals surface area contributed by atoms with Gasteiger partial charge in [-0.15, -0.1) is 0 Å². The molecule has 1 fully saturated rings. The summed E-state index contributed by atoms with van der Waals surface area (Å²) in [6.07, 6.45) is 7.85. The van der Waals surface area contributed by atoms with Gasteiger partial charge in [-0.25, -0.2) is 4.98 Å². The van der Waals surface area contributed by atoms with E-state index in [4.69, 9.17) is 26.3 Å². The molecule has 1 aliphatic heterocycles. The highest BCUT2D eigenvalue weighted by atomic mass is 35.5. The summed E-state index contributed by atoms with van der Waals surface area (Å²) >= 11 is 7.16. The summed E-state index contributed by atoms with van der Waals surface area (Å²) in [6, 6.07) is 13.8. The van der Waals surface area contributed by atoms with Gasteiger partial charge in [0, 0.05) is 23.4 Å². The van der Waals surface area contributed by atoms with Crippen molar-refractivity contribution in [2.24, 2.45) is 0 Å². The second kappa shape index (κ2) is 10.1. The Hall–Kier alpha value is -2.68. The van der Waals surface area contributed by atoms with Gasteiger partial charge in [0.25, 0.3) is 0 Å². The molecule has 6 heteroatoms. The van der Waals surface area contributed by atoms with Crippen LogP contribution in [0.4, 0.5) is 0 Å². The van der Waals surface area contributed by atoms with Crippen molar-refractivity contribution in [3.63, 3.8) is 0 Å². The Labute approximate surface area is 214 Å². The summed E-state index contributed by atoms with van der Waals surface area (Å²) in [5, 5.41) is 9.90. The van der Waals surface area contributed by atoms with Crippen molar-refractivity contribution >= 4 is 11.6 Å². The number of unbranched alkanes of at least 4 members (excludes halogenated alkanes) is 2. The van der Waals surface area contributed by atoms with Crippen molar-refractivity contribution < 1.29 is 4.74 Å². The Morgan fingerprint density at radius 3 is 2.40 bits per heavy atom. The van der Waals surface area contributed by atoms with Gasteiger partial charge in [0.15, 0.2) is 0 Å². The van der Waals surface area contributed by atoms with Gasteiger partial charge in [-0.05, 0) is 89.8 Å². The molecule has 0 N–H and O–H groups in total. The van der Waals surface area contributed by atoms with Crippen LogP contribution in [0.2, 0.25) is 5.15 Å². The van der Waals surface area contributed by atoms with E-state index < -0.39 is 0 Å². The lowest BCUT2D eigenvalue weighted by atomic mass is 9.79. The van der Waals surface area contributed by atoms with Crippen LogP contribution in [0.25, 0.3) is 17.1 Å². The molecule has 0 atom stereocenters. The molecule has 0 bridgehead atoms. The molecule has 35 heavy (non-hydrogen) atoms. The first-order valence-corrected chi connectivity index (χ1v) is 12.9. The van der Waals surface area contributed by atoms with Gasteiger partial charge in [-0.1, -0.05) is 31.4 Å². The fraction of sp³-hybridized carbons (Fsp3) is 0.483. The topological polar surface area (TPSA) is 63.7 Å². The third kappa shape index (κ3) is 5.60. The summed E-state index contributed by atoms with van der Waals surface area (Å²) in [7, 11) is 0. The number of halogens is 1. The van der Waals surface area contributed by atoms with E-state index >= 15 is 0 Å². The van der Waals surface area contributed by atoms with Crippen LogP contribution in [-0.4, -0.2) is 25.7 Å². The van der Waals surface area contributed by atoms with E-state index in [2.05, 4.69) is 46.8 Å². The molecule has 1 aromatic carbocycles. The average Bonchev–Trinajstić information content (AvgIpc) is 3.14. The zero-order valence-corrected chi connectivity index (χ0v) is 22.2. The standard InChI is InChI=1S/C29H35ClN4O/c1-6-7-8-11-24-23(10-9-16-32-24)27-33-25(21-17-28(2,3)35-29(4,5)18-21)26(30)34(27)22-14-12-20(19-31)13-15-22/h9-10,12-16,21H,6-8,11,17-18H2,1-5H3. The van der Waals surface area contributed by atoms with Crippen molar-refractivity contribution in [1.82, 2.24) is 14.5 Å². The van der Waals surface area contributed by atoms with Gasteiger partial charge in [0.1, 0.15) is 11.0 Å². The summed E-state index contributed by atoms with van der Waals surface area (Å²) < 4.78 is 8.36. The van der Waals surface area contributed by atoms with Gasteiger partial charge >= 0.3 is 0 Å². The van der Waals surface area contributed by atoms with E-state index in [1.807, 2.05) is 41.1 Å². The highest BCUT2D eigenvalue weighted by molar-refractivity contribution is 6.30. The molecular formula is C29H35ClN4O. The monoisotopic (exact) mass is 490 g/mol. The zero-order chi connectivity index (χ0) is 25.2. The van der Waals surface area contributed by atoms with Crippen molar-refractivity contribution in [2.75, 3.05) is 0 Å². The minimum atomic E-state index is -0.270. The molecule has 0 radical (unpaired) electrons. The van der Waals surface area contributed by atoms with Crippen molar-refractivity contribution in [3.8, 4) is 23.1 Å². The first-order chi connectivity index (χ1) is 16.6. The highest BCUT2D eigenvalue weighted by Gasteiger charge is 2.42. The maximum atomic E-state index is 9.28. The number of ether oxygens (including phenoxy) is 1. The second-order valence-corrected chi connectivity index (χ2v) is 11.1. The number of imidazole rings is 1. The van der Waals surface area contributed by atoms with E-state index in [1.54, 1.807) is 0 Å². The lowest BCUT2D eigenvalue weighted by molar-refractivity contribution is -0.162. The maximum absolute atomic E-state index is 9.28. The predicted molar refractivity (Wildman–Crippen MR) is 141 cm³/mol. The number of pyridine rings is 1. The number of hydrogen-bond acceptors (Lipinski definition) is 4. The number of nitrogens with zero attached hydrogens (tertiary/aromatic N) is 4. The smallest absolute Gasteiger partial charge is 0.147 e. The normalized spacial score (nSPS) is 17.3. The van der Waals surface area contributed by atoms with Crippen LogP contribution in [-0.2, 0) is 11.2 Å². The lowest BCUT2D eigenvalue weighted by Gasteiger charge is -2.45. The van der Waals surface area contributed by atoms with Crippen LogP contribution in [0.1, 0.15) is 89.6 Å². The molecule has 0 amide bonds. The molecule has 0 unspecified atom stereocenters. The van der Waals surface area contributed by atoms with E-state index in [9.17, 15) is 5.26 Å². The number of benzene rings is 1. The quantitative estimate of drug-likeness (QED) is 0.319. The van der Waals surface area contributed by atoms with Crippen molar-refractivity contribution in [3.05, 3.63) is 64.7 Å². The van der Waals surface area contributed by atoms with Crippen molar-refractivity contribution in [1.29, 1.82) is 5.26 Å². The number of aromatic nitrogens is 3. The minimum Gasteiger partial charge on any atom is -0.370 e. The molecule has 1 aliphatic rings. The molecule has 184 valence electrons. The maximum Gasteiger partial charge on any atom is 0.147 e. The third-order valence-corrected chi connectivity index (χ3v) is 7.03. The second-order valence-electron chi connectivity index (χ2n) is 10.8. The Morgan fingerprint density at radius 2 is 1.77 bits per heavy atom. The van der Waals surface area contributed by atoms with Crippen LogP contribution in [0.3, 0.4) is 0 Å². The SMILES string of the molecule is CCCCCc1ncccc1-c1nc(C2CC(C)(C)OC(C)(C)C2)c(Cl)n1-c1ccc(C#N)cc1. The summed E-state index contributed by atoms with van der Waals surface area (Å²) in [5.41, 5.74) is 3.90. The first kappa shape index (κ1) is 25.4. The van der Waals surface area contributed by atoms with E-state index in [1.165, 1.54) is 6.42 Å². The minimum absolute atomic E-state index is 0.167. The summed E-state index contributed by atoms with van der Waals surface area (Å²) in [4.78, 5) is 9.94. The van der Waals surface area contributed by atoms with Crippen LogP contribution in [0, 0.1) is 11.3 Å². The average molecular weight is 491 g/mol. The summed E-state index contributed by atoms with van der Waals surface area (Å²) in [6.45, 7) is 10.8. The molecule has 2 aromatic heterocycles. The number of aryl methyl sites for hydroxylation is 1. The Kier molecular flexibility index (Phi) is 7.35. The van der Waals surface area contributed by atoms with Crippen molar-refractivity contribution in [2.45, 2.75) is 90.3 Å². The first-order valence-electron chi connectivity index (χ1n) is 12.6. The molecule has 1 saturated heterocycles. The molecule has 0 saturated carbocycles. The predicted octanol–water partition coefficient (Wildman–Crippen LogP) is 7.64. The van der Waals surface area contributed by atoms with Gasteiger partial charge < -0.3 is 4.74 Å². The molecule has 0 spiro atoms. The van der Waals surface area contributed by atoms with E-state index in [-0.39, 0.29) is 17.1 Å². The molecule has 5 nitrogen and oxygen atoms in total. The van der Waals surface area contributed by atoms with Gasteiger partial charge in [-0.2, -0.15) is 5.26 Å². The molecular weight excluding hydrogens is 456 g/mol. The Balaban J connectivity index is 1.87. The summed E-state index contributed by atoms with van der Waals surface area (Å²) in [5.74, 6) is 0.969. The molecule has 3 heterocycles. The Bertz CT molecular complexity index is 1200. The third-order valence-electron chi connectivity index (χ3n) is 6.66. The fourth-order valence-corrected chi connectivity index (χ4v) is 5.82.